The number of carbonyl (C=O) groups excluding carboxylic acids is 4. The van der Waals surface area contributed by atoms with E-state index >= 15 is 0 Å². The van der Waals surface area contributed by atoms with Crippen LogP contribution in [0.3, 0.4) is 0 Å². The molecule has 2 aliphatic carbocycles. The number of ketones is 1. The van der Waals surface area contributed by atoms with Crippen LogP contribution < -0.4 is 4.90 Å². The van der Waals surface area contributed by atoms with Crippen molar-refractivity contribution in [3.63, 3.8) is 0 Å². The fourth-order valence-electron chi connectivity index (χ4n) is 5.10. The topological polar surface area (TPSA) is 80.8 Å². The van der Waals surface area contributed by atoms with E-state index in [-0.39, 0.29) is 52.5 Å². The number of hydrogen-bond donors (Lipinski definition) is 0. The van der Waals surface area contributed by atoms with Crippen LogP contribution in [0.5, 0.6) is 0 Å². The van der Waals surface area contributed by atoms with E-state index in [1.54, 1.807) is 48.5 Å². The molecule has 2 fully saturated rings. The van der Waals surface area contributed by atoms with Gasteiger partial charge in [-0.3, -0.25) is 14.4 Å². The molecule has 0 aromatic heterocycles. The number of benzene rings is 2. The maximum Gasteiger partial charge on any atom is 0.340 e. The van der Waals surface area contributed by atoms with Gasteiger partial charge >= 0.3 is 5.97 Å². The molecule has 5 rings (SSSR count). The number of fused-ring (bicyclic) bond motifs is 5. The number of anilines is 1. The highest BCUT2D eigenvalue weighted by molar-refractivity contribution is 6.24. The molecule has 2 aromatic rings. The van der Waals surface area contributed by atoms with Crippen LogP contribution in [0.4, 0.5) is 5.69 Å². The van der Waals surface area contributed by atoms with E-state index in [4.69, 9.17) is 4.74 Å². The van der Waals surface area contributed by atoms with Crippen LogP contribution in [-0.2, 0) is 14.3 Å². The molecule has 6 nitrogen and oxygen atoms in total. The number of para-hydroxylation sites is 1. The number of amides is 2. The van der Waals surface area contributed by atoms with E-state index in [9.17, 15) is 19.2 Å². The van der Waals surface area contributed by atoms with Crippen molar-refractivity contribution in [3.8, 4) is 0 Å². The van der Waals surface area contributed by atoms with E-state index < -0.39 is 12.1 Å². The average molecular weight is 415 g/mol. The summed E-state index contributed by atoms with van der Waals surface area (Å²) < 4.78 is 5.42. The van der Waals surface area contributed by atoms with E-state index in [1.807, 2.05) is 12.2 Å². The molecule has 5 atom stereocenters. The van der Waals surface area contributed by atoms with E-state index in [0.29, 0.717) is 5.56 Å². The first-order valence-corrected chi connectivity index (χ1v) is 10.4. The lowest BCUT2D eigenvalue weighted by Gasteiger charge is -2.20. The Kier molecular flexibility index (Phi) is 4.58. The Morgan fingerprint density at radius 2 is 1.48 bits per heavy atom. The lowest BCUT2D eigenvalue weighted by molar-refractivity contribution is -0.123. The number of ether oxygens (including phenoxy) is 1. The van der Waals surface area contributed by atoms with E-state index in [1.165, 1.54) is 13.0 Å². The minimum absolute atomic E-state index is 0.0825. The quantitative estimate of drug-likeness (QED) is 0.324. The number of esters is 1. The summed E-state index contributed by atoms with van der Waals surface area (Å²) in [6, 6.07) is 15.0. The molecule has 3 aliphatic rings. The number of carbonyl (C=O) groups is 4. The van der Waals surface area contributed by atoms with Crippen molar-refractivity contribution in [3.05, 3.63) is 77.9 Å². The van der Waals surface area contributed by atoms with Crippen LogP contribution in [0.2, 0.25) is 0 Å². The number of Topliss-reactive ketones (excluding diaryl/α,β-unsaturated/α-hetero) is 1. The molecule has 156 valence electrons. The van der Waals surface area contributed by atoms with Gasteiger partial charge in [-0.2, -0.15) is 0 Å². The fraction of sp³-hybridized carbons (Fsp3) is 0.280. The Balaban J connectivity index is 1.40. The van der Waals surface area contributed by atoms with Gasteiger partial charge in [0.15, 0.2) is 6.10 Å². The van der Waals surface area contributed by atoms with Crippen molar-refractivity contribution < 1.29 is 23.9 Å². The molecule has 1 saturated carbocycles. The summed E-state index contributed by atoms with van der Waals surface area (Å²) in [7, 11) is 0. The monoisotopic (exact) mass is 415 g/mol. The number of hydrogen-bond acceptors (Lipinski definition) is 5. The van der Waals surface area contributed by atoms with Gasteiger partial charge in [0.2, 0.25) is 17.6 Å². The van der Waals surface area contributed by atoms with Crippen LogP contribution in [0.15, 0.2) is 66.7 Å². The number of nitrogens with zero attached hydrogens (tertiary/aromatic N) is 1. The van der Waals surface area contributed by atoms with Crippen molar-refractivity contribution in [2.45, 2.75) is 19.4 Å². The van der Waals surface area contributed by atoms with Crippen molar-refractivity contribution >= 4 is 29.3 Å². The van der Waals surface area contributed by atoms with Crippen molar-refractivity contribution in [2.75, 3.05) is 4.90 Å². The Labute approximate surface area is 179 Å². The molecule has 2 bridgehead atoms. The summed E-state index contributed by atoms with van der Waals surface area (Å²) in [4.78, 5) is 52.9. The highest BCUT2D eigenvalue weighted by Crippen LogP contribution is 2.53. The summed E-state index contributed by atoms with van der Waals surface area (Å²) in [5, 5.41) is 0. The largest absolute Gasteiger partial charge is 0.451 e. The first kappa shape index (κ1) is 19.4. The predicted octanol–water partition coefficient (Wildman–Crippen LogP) is 3.43. The summed E-state index contributed by atoms with van der Waals surface area (Å²) in [5.74, 6) is -2.14. The van der Waals surface area contributed by atoms with Gasteiger partial charge in [-0.05, 0) is 37.3 Å². The Hall–Kier alpha value is -3.54. The van der Waals surface area contributed by atoms with Gasteiger partial charge < -0.3 is 4.74 Å². The summed E-state index contributed by atoms with van der Waals surface area (Å²) in [6.45, 7) is 1.51. The highest BCUT2D eigenvalue weighted by Gasteiger charge is 2.59. The summed E-state index contributed by atoms with van der Waals surface area (Å²) in [6.07, 6.45) is 3.88. The molecule has 31 heavy (non-hydrogen) atoms. The molecule has 1 heterocycles. The van der Waals surface area contributed by atoms with Gasteiger partial charge in [-0.1, -0.05) is 54.6 Å². The van der Waals surface area contributed by atoms with Crippen molar-refractivity contribution in [2.24, 2.45) is 23.7 Å². The molecule has 6 heteroatoms. The van der Waals surface area contributed by atoms with Crippen molar-refractivity contribution in [1.82, 2.24) is 0 Å². The third kappa shape index (κ3) is 3.02. The Bertz CT molecular complexity index is 1090. The molecule has 1 saturated heterocycles. The van der Waals surface area contributed by atoms with Crippen LogP contribution in [0, 0.1) is 23.7 Å². The number of imide groups is 1. The van der Waals surface area contributed by atoms with Gasteiger partial charge in [0.25, 0.3) is 0 Å². The normalized spacial score (nSPS) is 26.8. The Morgan fingerprint density at radius 3 is 2.13 bits per heavy atom. The van der Waals surface area contributed by atoms with E-state index in [0.717, 1.165) is 11.3 Å². The van der Waals surface area contributed by atoms with Gasteiger partial charge in [-0.15, -0.1) is 0 Å². The molecule has 2 amide bonds. The second-order valence-corrected chi connectivity index (χ2v) is 8.31. The van der Waals surface area contributed by atoms with Crippen LogP contribution >= 0.6 is 0 Å². The maximum absolute atomic E-state index is 13.1. The van der Waals surface area contributed by atoms with Gasteiger partial charge in [0.1, 0.15) is 0 Å². The zero-order valence-electron chi connectivity index (χ0n) is 16.9. The molecular formula is C25H21NO5. The molecule has 2 aromatic carbocycles. The van der Waals surface area contributed by atoms with Crippen molar-refractivity contribution in [1.29, 1.82) is 0 Å². The maximum atomic E-state index is 13.1. The van der Waals surface area contributed by atoms with Gasteiger partial charge in [-0.25, -0.2) is 9.69 Å². The third-order valence-electron chi connectivity index (χ3n) is 6.55. The minimum atomic E-state index is -1.01. The number of rotatable bonds is 5. The summed E-state index contributed by atoms with van der Waals surface area (Å²) >= 11 is 0. The second-order valence-electron chi connectivity index (χ2n) is 8.31. The first-order chi connectivity index (χ1) is 15.0. The molecule has 0 radical (unpaired) electrons. The third-order valence-corrected chi connectivity index (χ3v) is 6.55. The van der Waals surface area contributed by atoms with Crippen LogP contribution in [0.1, 0.15) is 34.1 Å². The van der Waals surface area contributed by atoms with Crippen LogP contribution in [-0.4, -0.2) is 29.7 Å². The molecular weight excluding hydrogens is 394 g/mol. The molecule has 0 N–H and O–H groups in total. The smallest absolute Gasteiger partial charge is 0.340 e. The van der Waals surface area contributed by atoms with Gasteiger partial charge in [0.05, 0.1) is 23.1 Å². The lowest BCUT2D eigenvalue weighted by atomic mass is 9.85. The minimum Gasteiger partial charge on any atom is -0.451 e. The standard InChI is InChI=1S/C25H21NO5/c1-14(22(27)15-7-3-2-4-8-15)31-25(30)18-9-5-6-10-19(18)26-23(28)20-16-11-12-17(13-16)21(20)24(26)29/h2-12,14,16-17,20-21H,13H2,1H3. The zero-order chi connectivity index (χ0) is 21.7. The second kappa shape index (κ2) is 7.30. The summed E-state index contributed by atoms with van der Waals surface area (Å²) in [5.41, 5.74) is 0.754. The van der Waals surface area contributed by atoms with Crippen LogP contribution in [0.25, 0.3) is 0 Å². The molecule has 0 spiro atoms. The lowest BCUT2D eigenvalue weighted by Crippen LogP contribution is -2.34. The van der Waals surface area contributed by atoms with E-state index in [2.05, 4.69) is 0 Å². The molecule has 5 unspecified atom stereocenters. The molecule has 1 aliphatic heterocycles. The fourth-order valence-corrected chi connectivity index (χ4v) is 5.10. The van der Waals surface area contributed by atoms with Gasteiger partial charge in [0, 0.05) is 5.56 Å². The zero-order valence-corrected chi connectivity index (χ0v) is 16.9. The predicted molar refractivity (Wildman–Crippen MR) is 112 cm³/mol. The first-order valence-electron chi connectivity index (χ1n) is 10.4. The average Bonchev–Trinajstić information content (AvgIpc) is 3.47. The Morgan fingerprint density at radius 1 is 0.903 bits per heavy atom. The number of allylic oxidation sites excluding steroid dienone is 2. The highest BCUT2D eigenvalue weighted by atomic mass is 16.5. The SMILES string of the molecule is CC(OC(=O)c1ccccc1N1C(=O)C2C3C=CC(C3)C2C1=O)C(=O)c1ccccc1.